The van der Waals surface area contributed by atoms with Crippen molar-refractivity contribution >= 4 is 35.0 Å². The van der Waals surface area contributed by atoms with E-state index in [4.69, 9.17) is 27.9 Å². The molecule has 0 spiro atoms. The minimum Gasteiger partial charge on any atom is -0.383 e. The molecule has 0 N–H and O–H groups in total. The summed E-state index contributed by atoms with van der Waals surface area (Å²) in [5.74, 6) is -0.246. The van der Waals surface area contributed by atoms with Crippen molar-refractivity contribution in [3.05, 3.63) is 57.8 Å². The number of benzene rings is 1. The molecule has 30 heavy (non-hydrogen) atoms. The lowest BCUT2D eigenvalue weighted by Crippen LogP contribution is -2.45. The van der Waals surface area contributed by atoms with Crippen LogP contribution in [-0.2, 0) is 23.1 Å². The molecule has 1 heterocycles. The van der Waals surface area contributed by atoms with E-state index in [9.17, 15) is 9.59 Å². The average molecular weight is 454 g/mol. The van der Waals surface area contributed by atoms with Crippen molar-refractivity contribution in [3.8, 4) is 0 Å². The SMILES string of the molecule is COCCN(Cc1cccn1C)C(=O)CN(CC(C)C)C(=O)c1ccc(Cl)cc1Cl. The zero-order valence-electron chi connectivity index (χ0n) is 17.9. The summed E-state index contributed by atoms with van der Waals surface area (Å²) < 4.78 is 7.14. The van der Waals surface area contributed by atoms with Crippen molar-refractivity contribution in [3.63, 3.8) is 0 Å². The molecular weight excluding hydrogens is 425 g/mol. The number of aromatic nitrogens is 1. The molecule has 2 rings (SSSR count). The van der Waals surface area contributed by atoms with Gasteiger partial charge in [-0.3, -0.25) is 9.59 Å². The molecule has 2 amide bonds. The number of hydrogen-bond donors (Lipinski definition) is 0. The molecule has 1 aromatic heterocycles. The maximum absolute atomic E-state index is 13.2. The summed E-state index contributed by atoms with van der Waals surface area (Å²) >= 11 is 12.2. The maximum atomic E-state index is 13.2. The number of halogens is 2. The van der Waals surface area contributed by atoms with E-state index in [0.717, 1.165) is 5.69 Å². The molecule has 0 aliphatic heterocycles. The van der Waals surface area contributed by atoms with Crippen LogP contribution in [0.25, 0.3) is 0 Å². The number of rotatable bonds is 10. The molecule has 0 saturated carbocycles. The average Bonchev–Trinajstić information content (AvgIpc) is 3.08. The highest BCUT2D eigenvalue weighted by Crippen LogP contribution is 2.23. The zero-order valence-corrected chi connectivity index (χ0v) is 19.4. The molecule has 0 aliphatic carbocycles. The fourth-order valence-corrected chi connectivity index (χ4v) is 3.60. The van der Waals surface area contributed by atoms with Crippen LogP contribution in [0.4, 0.5) is 0 Å². The number of ether oxygens (including phenoxy) is 1. The number of aryl methyl sites for hydroxylation is 1. The second kappa shape index (κ2) is 11.4. The fourth-order valence-electron chi connectivity index (χ4n) is 3.11. The van der Waals surface area contributed by atoms with Crippen molar-refractivity contribution in [2.45, 2.75) is 20.4 Å². The van der Waals surface area contributed by atoms with Gasteiger partial charge in [0.15, 0.2) is 0 Å². The van der Waals surface area contributed by atoms with Crippen molar-refractivity contribution in [1.82, 2.24) is 14.4 Å². The molecule has 0 aliphatic rings. The van der Waals surface area contributed by atoms with Gasteiger partial charge in [-0.25, -0.2) is 0 Å². The number of amides is 2. The Morgan fingerprint density at radius 3 is 2.47 bits per heavy atom. The van der Waals surface area contributed by atoms with E-state index in [2.05, 4.69) is 0 Å². The third kappa shape index (κ3) is 6.76. The minimum absolute atomic E-state index is 0.0376. The summed E-state index contributed by atoms with van der Waals surface area (Å²) in [7, 11) is 3.54. The molecule has 0 atom stereocenters. The summed E-state index contributed by atoms with van der Waals surface area (Å²) in [5, 5.41) is 0.727. The Kier molecular flexibility index (Phi) is 9.21. The Labute approximate surface area is 188 Å². The molecule has 0 radical (unpaired) electrons. The van der Waals surface area contributed by atoms with Crippen LogP contribution >= 0.6 is 23.2 Å². The van der Waals surface area contributed by atoms with E-state index in [1.165, 1.54) is 6.07 Å². The number of hydrogen-bond acceptors (Lipinski definition) is 3. The van der Waals surface area contributed by atoms with Crippen molar-refractivity contribution in [2.24, 2.45) is 13.0 Å². The van der Waals surface area contributed by atoms with Gasteiger partial charge in [0.25, 0.3) is 5.91 Å². The molecule has 0 bridgehead atoms. The van der Waals surface area contributed by atoms with Gasteiger partial charge in [-0.1, -0.05) is 37.0 Å². The van der Waals surface area contributed by atoms with Crippen LogP contribution in [-0.4, -0.2) is 59.5 Å². The highest BCUT2D eigenvalue weighted by molar-refractivity contribution is 6.36. The Morgan fingerprint density at radius 2 is 1.90 bits per heavy atom. The third-order valence-electron chi connectivity index (χ3n) is 4.68. The fraction of sp³-hybridized carbons (Fsp3) is 0.455. The van der Waals surface area contributed by atoms with Crippen LogP contribution < -0.4 is 0 Å². The molecule has 164 valence electrons. The Bertz CT molecular complexity index is 867. The molecule has 0 fully saturated rings. The molecule has 8 heteroatoms. The monoisotopic (exact) mass is 453 g/mol. The lowest BCUT2D eigenvalue weighted by Gasteiger charge is -2.29. The Balaban J connectivity index is 2.22. The first-order valence-corrected chi connectivity index (χ1v) is 10.6. The second-order valence-electron chi connectivity index (χ2n) is 7.62. The molecule has 6 nitrogen and oxygen atoms in total. The van der Waals surface area contributed by atoms with Gasteiger partial charge in [0.1, 0.15) is 6.54 Å². The van der Waals surface area contributed by atoms with Crippen molar-refractivity contribution < 1.29 is 14.3 Å². The Morgan fingerprint density at radius 1 is 1.17 bits per heavy atom. The summed E-state index contributed by atoms with van der Waals surface area (Å²) in [6.07, 6.45) is 1.94. The highest BCUT2D eigenvalue weighted by atomic mass is 35.5. The topological polar surface area (TPSA) is 54.8 Å². The first kappa shape index (κ1) is 24.3. The molecule has 2 aromatic rings. The summed E-state index contributed by atoms with van der Waals surface area (Å²) in [4.78, 5) is 29.6. The van der Waals surface area contributed by atoms with Crippen LogP contribution in [0.5, 0.6) is 0 Å². The largest absolute Gasteiger partial charge is 0.383 e. The van der Waals surface area contributed by atoms with Crippen molar-refractivity contribution in [2.75, 3.05) is 33.4 Å². The normalized spacial score (nSPS) is 11.0. The predicted octanol–water partition coefficient (Wildman–Crippen LogP) is 4.11. The molecule has 0 unspecified atom stereocenters. The van der Waals surface area contributed by atoms with Crippen LogP contribution in [0.1, 0.15) is 29.9 Å². The third-order valence-corrected chi connectivity index (χ3v) is 5.23. The van der Waals surface area contributed by atoms with E-state index >= 15 is 0 Å². The summed E-state index contributed by atoms with van der Waals surface area (Å²) in [6, 6.07) is 8.66. The number of carbonyl (C=O) groups excluding carboxylic acids is 2. The standard InChI is InChI=1S/C22H29Cl2N3O3/c1-16(2)13-27(22(29)19-8-7-17(23)12-20(19)24)15-21(28)26(10-11-30-4)14-18-6-5-9-25(18)3/h5-9,12,16H,10-11,13-15H2,1-4H3. The second-order valence-corrected chi connectivity index (χ2v) is 8.47. The van der Waals surface area contributed by atoms with Gasteiger partial charge in [0.05, 0.1) is 23.7 Å². The molecule has 1 aromatic carbocycles. The van der Waals surface area contributed by atoms with Gasteiger partial charge in [-0.15, -0.1) is 0 Å². The zero-order chi connectivity index (χ0) is 22.3. The van der Waals surface area contributed by atoms with Crippen LogP contribution in [0.2, 0.25) is 10.0 Å². The Hall–Kier alpha value is -2.02. The summed E-state index contributed by atoms with van der Waals surface area (Å²) in [5.41, 5.74) is 1.34. The van der Waals surface area contributed by atoms with E-state index in [1.807, 2.05) is 43.8 Å². The van der Waals surface area contributed by atoms with Gasteiger partial charge in [0, 0.05) is 44.2 Å². The van der Waals surface area contributed by atoms with E-state index in [0.29, 0.717) is 36.8 Å². The quantitative estimate of drug-likeness (QED) is 0.543. The van der Waals surface area contributed by atoms with Gasteiger partial charge in [-0.2, -0.15) is 0 Å². The van der Waals surface area contributed by atoms with Gasteiger partial charge in [0.2, 0.25) is 5.91 Å². The molecule has 0 saturated heterocycles. The van der Waals surface area contributed by atoms with E-state index < -0.39 is 0 Å². The van der Waals surface area contributed by atoms with Crippen LogP contribution in [0, 0.1) is 5.92 Å². The predicted molar refractivity (Wildman–Crippen MR) is 120 cm³/mol. The number of carbonyl (C=O) groups is 2. The first-order chi connectivity index (χ1) is 14.2. The molecular formula is C22H29Cl2N3O3. The van der Waals surface area contributed by atoms with Crippen LogP contribution in [0.3, 0.4) is 0 Å². The van der Waals surface area contributed by atoms with Gasteiger partial charge >= 0.3 is 0 Å². The van der Waals surface area contributed by atoms with E-state index in [-0.39, 0.29) is 29.3 Å². The lowest BCUT2D eigenvalue weighted by atomic mass is 10.1. The lowest BCUT2D eigenvalue weighted by molar-refractivity contribution is -0.133. The number of methoxy groups -OCH3 is 1. The van der Waals surface area contributed by atoms with Crippen molar-refractivity contribution in [1.29, 1.82) is 0 Å². The van der Waals surface area contributed by atoms with Gasteiger partial charge in [-0.05, 0) is 36.2 Å². The number of nitrogens with zero attached hydrogens (tertiary/aromatic N) is 3. The smallest absolute Gasteiger partial charge is 0.255 e. The van der Waals surface area contributed by atoms with Gasteiger partial charge < -0.3 is 19.1 Å². The van der Waals surface area contributed by atoms with E-state index in [1.54, 1.807) is 29.0 Å². The summed E-state index contributed by atoms with van der Waals surface area (Å²) in [6.45, 7) is 5.69. The van der Waals surface area contributed by atoms with Crippen LogP contribution in [0.15, 0.2) is 36.5 Å². The maximum Gasteiger partial charge on any atom is 0.255 e. The highest BCUT2D eigenvalue weighted by Gasteiger charge is 2.25. The minimum atomic E-state index is -0.288. The first-order valence-electron chi connectivity index (χ1n) is 9.84.